The van der Waals surface area contributed by atoms with Crippen molar-refractivity contribution in [2.45, 2.75) is 0 Å². The van der Waals surface area contributed by atoms with E-state index in [-0.39, 0.29) is 0 Å². The molecule has 0 fully saturated rings. The van der Waals surface area contributed by atoms with Gasteiger partial charge in [0.05, 0.1) is 49.8 Å². The summed E-state index contributed by atoms with van der Waals surface area (Å²) in [7, 11) is 0. The lowest BCUT2D eigenvalue weighted by atomic mass is 10.1. The Morgan fingerprint density at radius 1 is 0.222 bits per heavy atom. The number of para-hydroxylation sites is 5. The van der Waals surface area contributed by atoms with E-state index in [2.05, 4.69) is 322 Å². The molecule has 14 aromatic carbocycles. The van der Waals surface area contributed by atoms with Crippen LogP contribution in [0.3, 0.4) is 0 Å². The highest BCUT2D eigenvalue weighted by atomic mass is 32.1. The van der Waals surface area contributed by atoms with Gasteiger partial charge in [-0.3, -0.25) is 0 Å². The molecule has 20 aromatic rings. The van der Waals surface area contributed by atoms with Crippen LogP contribution in [0, 0.1) is 0 Å². The fraction of sp³-hybridized carbons (Fsp3) is 0. The SMILES string of the molecule is c1ccc(-c2cccc(-n3c4ccccc4c4c(-n5c6ccccc6c6c7sc8ccccc8c7ccc65)cccc43)c2)cc1.c1ccc(-c2cccc(-n3c4ccccc4c4ccc(-n5c6ccccc6c6cc7c(cc65)oc5ccccc57)cc43)c2)cc1. The van der Waals surface area contributed by atoms with Gasteiger partial charge in [0.25, 0.3) is 0 Å². The molecule has 6 heteroatoms. The summed E-state index contributed by atoms with van der Waals surface area (Å²) in [4.78, 5) is 0. The third-order valence-electron chi connectivity index (χ3n) is 18.6. The lowest BCUT2D eigenvalue weighted by Gasteiger charge is -2.12. The molecule has 0 saturated carbocycles. The van der Waals surface area contributed by atoms with Gasteiger partial charge in [0.1, 0.15) is 11.2 Å². The summed E-state index contributed by atoms with van der Waals surface area (Å²) in [6.07, 6.45) is 0. The number of rotatable bonds is 6. The number of hydrogen-bond acceptors (Lipinski definition) is 2. The molecule has 6 heterocycles. The lowest BCUT2D eigenvalue weighted by Crippen LogP contribution is -1.97. The molecule has 0 radical (unpaired) electrons. The molecule has 0 N–H and O–H groups in total. The first-order valence-electron chi connectivity index (χ1n) is 30.7. The molecule has 420 valence electrons. The predicted octanol–water partition coefficient (Wildman–Crippen LogP) is 23.4. The average molecular weight is 1170 g/mol. The van der Waals surface area contributed by atoms with Crippen molar-refractivity contribution in [3.8, 4) is 45.0 Å². The van der Waals surface area contributed by atoms with Crippen LogP contribution in [-0.4, -0.2) is 18.3 Å². The van der Waals surface area contributed by atoms with E-state index in [1.54, 1.807) is 0 Å². The summed E-state index contributed by atoms with van der Waals surface area (Å²) < 4.78 is 18.8. The molecule has 5 nitrogen and oxygen atoms in total. The van der Waals surface area contributed by atoms with Crippen LogP contribution in [0.4, 0.5) is 0 Å². The molecule has 0 saturated heterocycles. The number of nitrogens with zero attached hydrogens (tertiary/aromatic N) is 4. The Balaban J connectivity index is 0.000000130. The zero-order valence-corrected chi connectivity index (χ0v) is 49.4. The van der Waals surface area contributed by atoms with Crippen molar-refractivity contribution in [1.82, 2.24) is 18.3 Å². The quantitative estimate of drug-likeness (QED) is 0.163. The van der Waals surface area contributed by atoms with E-state index >= 15 is 0 Å². The van der Waals surface area contributed by atoms with Crippen molar-refractivity contribution in [2.24, 2.45) is 0 Å². The van der Waals surface area contributed by atoms with Gasteiger partial charge in [-0.2, -0.15) is 0 Å². The topological polar surface area (TPSA) is 32.9 Å². The fourth-order valence-corrected chi connectivity index (χ4v) is 16.0. The largest absolute Gasteiger partial charge is 0.456 e. The number of aromatic nitrogens is 4. The normalized spacial score (nSPS) is 12.0. The van der Waals surface area contributed by atoms with E-state index in [4.69, 9.17) is 4.42 Å². The van der Waals surface area contributed by atoms with Crippen molar-refractivity contribution in [3.05, 3.63) is 315 Å². The molecule has 0 aliphatic heterocycles. The van der Waals surface area contributed by atoms with Crippen molar-refractivity contribution in [1.29, 1.82) is 0 Å². The van der Waals surface area contributed by atoms with Crippen LogP contribution in [0.15, 0.2) is 320 Å². The average Bonchev–Trinajstić information content (AvgIpc) is 1.62. The van der Waals surface area contributed by atoms with Gasteiger partial charge < -0.3 is 22.7 Å². The smallest absolute Gasteiger partial charge is 0.137 e. The van der Waals surface area contributed by atoms with E-state index < -0.39 is 0 Å². The fourth-order valence-electron chi connectivity index (χ4n) is 14.7. The molecule has 0 atom stereocenters. The van der Waals surface area contributed by atoms with E-state index in [9.17, 15) is 0 Å². The Hall–Kier alpha value is -11.7. The third kappa shape index (κ3) is 7.62. The highest BCUT2D eigenvalue weighted by molar-refractivity contribution is 7.26. The van der Waals surface area contributed by atoms with Gasteiger partial charge in [0.2, 0.25) is 0 Å². The summed E-state index contributed by atoms with van der Waals surface area (Å²) in [5.74, 6) is 0. The molecular weight excluding hydrogens is 1110 g/mol. The standard InChI is InChI=1S/C42H26N2O.C42H26N2S/c1-2-11-27(12-3-1)28-13-10-14-29(23-28)43-37-18-7-4-15-31(37)33-22-21-30(24-39(33)43)44-38-19-8-5-16-32(38)35-25-36-34-17-6-9-20-41(34)45-42(36)26-40(35)44;1-2-12-27(13-3-1)28-14-10-15-29(26-28)43-34-19-7-4-17-32(34)40-36(43)21-11-22-37(40)44-35-20-8-5-18-33(35)41-38(44)25-24-31-30-16-6-9-23-39(30)45-42(31)41/h2*1-26H. The predicted molar refractivity (Wildman–Crippen MR) is 381 cm³/mol. The van der Waals surface area contributed by atoms with Crippen LogP contribution in [0.1, 0.15) is 0 Å². The van der Waals surface area contributed by atoms with Crippen molar-refractivity contribution < 1.29 is 4.42 Å². The summed E-state index contributed by atoms with van der Waals surface area (Å²) in [5.41, 5.74) is 20.9. The Morgan fingerprint density at radius 2 is 0.678 bits per heavy atom. The molecule has 0 bridgehead atoms. The van der Waals surface area contributed by atoms with E-state index in [1.165, 1.54) is 130 Å². The second-order valence-corrected chi connectivity index (χ2v) is 24.6. The minimum absolute atomic E-state index is 0.903. The molecule has 0 aliphatic rings. The number of fused-ring (bicyclic) bond motifs is 19. The van der Waals surface area contributed by atoms with Crippen LogP contribution < -0.4 is 0 Å². The van der Waals surface area contributed by atoms with Gasteiger partial charge in [-0.25, -0.2) is 0 Å². The zero-order chi connectivity index (χ0) is 59.0. The maximum Gasteiger partial charge on any atom is 0.137 e. The van der Waals surface area contributed by atoms with Gasteiger partial charge in [0.15, 0.2) is 0 Å². The highest BCUT2D eigenvalue weighted by Gasteiger charge is 2.23. The maximum absolute atomic E-state index is 6.36. The second kappa shape index (κ2) is 19.9. The van der Waals surface area contributed by atoms with Gasteiger partial charge in [-0.1, -0.05) is 212 Å². The Labute approximate surface area is 520 Å². The van der Waals surface area contributed by atoms with Gasteiger partial charge in [0, 0.05) is 97.2 Å². The Bertz CT molecular complexity index is 6200. The van der Waals surface area contributed by atoms with Gasteiger partial charge in [-0.15, -0.1) is 11.3 Å². The molecule has 0 amide bonds. The lowest BCUT2D eigenvalue weighted by molar-refractivity contribution is 0.669. The van der Waals surface area contributed by atoms with Crippen LogP contribution >= 0.6 is 11.3 Å². The number of thiophene rings is 1. The summed E-state index contributed by atoms with van der Waals surface area (Å²) in [6.45, 7) is 0. The second-order valence-electron chi connectivity index (χ2n) is 23.5. The van der Waals surface area contributed by atoms with Crippen molar-refractivity contribution in [3.63, 3.8) is 0 Å². The molecule has 20 rings (SSSR count). The molecular formula is C84H52N4OS. The molecule has 0 unspecified atom stereocenters. The van der Waals surface area contributed by atoms with Crippen molar-refractivity contribution in [2.75, 3.05) is 0 Å². The first-order valence-corrected chi connectivity index (χ1v) is 31.5. The van der Waals surface area contributed by atoms with E-state index in [0.29, 0.717) is 0 Å². The zero-order valence-electron chi connectivity index (χ0n) is 48.6. The summed E-state index contributed by atoms with van der Waals surface area (Å²) in [6, 6.07) is 114. The minimum atomic E-state index is 0.903. The van der Waals surface area contributed by atoms with Gasteiger partial charge in [-0.05, 0) is 119 Å². The summed E-state index contributed by atoms with van der Waals surface area (Å²) >= 11 is 1.90. The molecule has 6 aromatic heterocycles. The molecule has 90 heavy (non-hydrogen) atoms. The Morgan fingerprint density at radius 3 is 1.36 bits per heavy atom. The van der Waals surface area contributed by atoms with E-state index in [1.807, 2.05) is 23.5 Å². The maximum atomic E-state index is 6.36. The van der Waals surface area contributed by atoms with Crippen LogP contribution in [0.2, 0.25) is 0 Å². The molecule has 0 spiro atoms. The van der Waals surface area contributed by atoms with E-state index in [0.717, 1.165) is 44.5 Å². The van der Waals surface area contributed by atoms with Crippen LogP contribution in [0.5, 0.6) is 0 Å². The van der Waals surface area contributed by atoms with Gasteiger partial charge >= 0.3 is 0 Å². The first kappa shape index (κ1) is 50.5. The highest BCUT2D eigenvalue weighted by Crippen LogP contribution is 2.46. The Kier molecular flexibility index (Phi) is 11.2. The number of hydrogen-bond donors (Lipinski definition) is 0. The first-order chi connectivity index (χ1) is 44.7. The van der Waals surface area contributed by atoms with Crippen LogP contribution in [-0.2, 0) is 0 Å². The third-order valence-corrected chi connectivity index (χ3v) is 19.8. The van der Waals surface area contributed by atoms with Crippen molar-refractivity contribution >= 4 is 141 Å². The van der Waals surface area contributed by atoms with Crippen LogP contribution in [0.25, 0.3) is 174 Å². The summed E-state index contributed by atoms with van der Waals surface area (Å²) in [5, 5.41) is 15.0. The number of benzene rings is 14. The monoisotopic (exact) mass is 1160 g/mol. The molecule has 0 aliphatic carbocycles. The minimum Gasteiger partial charge on any atom is -0.456 e. The number of furan rings is 1.